The Bertz CT molecular complexity index is 745. The number of ether oxygens (including phenoxy) is 1. The first-order valence-electron chi connectivity index (χ1n) is 8.12. The van der Waals surface area contributed by atoms with E-state index in [-0.39, 0.29) is 0 Å². The molecule has 2 aliphatic rings. The first kappa shape index (κ1) is 15.0. The summed E-state index contributed by atoms with van der Waals surface area (Å²) in [6.45, 7) is 5.44. The lowest BCUT2D eigenvalue weighted by molar-refractivity contribution is 0.340. The molecule has 0 aromatic carbocycles. The van der Waals surface area contributed by atoms with Gasteiger partial charge in [-0.25, -0.2) is 14.3 Å². The maximum Gasteiger partial charge on any atom is 0.213 e. The number of rotatable bonds is 4. The number of aryl methyl sites for hydroxylation is 1. The van der Waals surface area contributed by atoms with E-state index in [9.17, 15) is 0 Å². The average Bonchev–Trinajstić information content (AvgIpc) is 3.33. The van der Waals surface area contributed by atoms with Crippen molar-refractivity contribution in [2.75, 3.05) is 7.11 Å². The monoisotopic (exact) mass is 327 g/mol. The van der Waals surface area contributed by atoms with Gasteiger partial charge in [0.1, 0.15) is 0 Å². The van der Waals surface area contributed by atoms with Crippen molar-refractivity contribution >= 4 is 11.9 Å². The van der Waals surface area contributed by atoms with E-state index >= 15 is 0 Å². The molecule has 0 amide bonds. The van der Waals surface area contributed by atoms with E-state index in [0.29, 0.717) is 11.9 Å². The number of hydrogen-bond acceptors (Lipinski definition) is 5. The largest absolute Gasteiger partial charge is 0.481 e. The SMILES string of the molecule is COc1cccc(-c2cc(C)c3c(n2)CN([C@@H](C)C2CC2)S3)n1. The van der Waals surface area contributed by atoms with Gasteiger partial charge in [-0.1, -0.05) is 6.07 Å². The average molecular weight is 327 g/mol. The molecule has 0 unspecified atom stereocenters. The molecule has 23 heavy (non-hydrogen) atoms. The van der Waals surface area contributed by atoms with Crippen LogP contribution in [0.15, 0.2) is 29.2 Å². The van der Waals surface area contributed by atoms with E-state index in [1.165, 1.54) is 29.0 Å². The maximum atomic E-state index is 5.23. The fourth-order valence-corrected chi connectivity index (χ4v) is 4.28. The Labute approximate surface area is 141 Å². The van der Waals surface area contributed by atoms with Crippen molar-refractivity contribution in [3.05, 3.63) is 35.5 Å². The topological polar surface area (TPSA) is 38.2 Å². The third kappa shape index (κ3) is 2.83. The molecule has 1 aliphatic heterocycles. The predicted molar refractivity (Wildman–Crippen MR) is 92.3 cm³/mol. The van der Waals surface area contributed by atoms with Gasteiger partial charge in [-0.2, -0.15) is 0 Å². The van der Waals surface area contributed by atoms with Gasteiger partial charge in [0.25, 0.3) is 0 Å². The highest BCUT2D eigenvalue weighted by Gasteiger charge is 2.36. The molecule has 5 heteroatoms. The van der Waals surface area contributed by atoms with Crippen LogP contribution < -0.4 is 4.74 Å². The Morgan fingerprint density at radius 3 is 2.83 bits per heavy atom. The van der Waals surface area contributed by atoms with E-state index in [0.717, 1.165) is 23.9 Å². The zero-order chi connectivity index (χ0) is 16.0. The number of hydrogen-bond donors (Lipinski definition) is 0. The Hall–Kier alpha value is -1.59. The molecule has 3 heterocycles. The van der Waals surface area contributed by atoms with Gasteiger partial charge in [-0.3, -0.25) is 0 Å². The molecule has 0 N–H and O–H groups in total. The van der Waals surface area contributed by atoms with Crippen LogP contribution in [0.2, 0.25) is 0 Å². The minimum Gasteiger partial charge on any atom is -0.481 e. The predicted octanol–water partition coefficient (Wildman–Crippen LogP) is 4.08. The third-order valence-corrected chi connectivity index (χ3v) is 6.13. The minimum atomic E-state index is 0.626. The van der Waals surface area contributed by atoms with Crippen LogP contribution in [0, 0.1) is 12.8 Å². The summed E-state index contributed by atoms with van der Waals surface area (Å²) in [6.07, 6.45) is 2.75. The summed E-state index contributed by atoms with van der Waals surface area (Å²) < 4.78 is 7.72. The van der Waals surface area contributed by atoms with E-state index in [1.54, 1.807) is 7.11 Å². The molecule has 4 nitrogen and oxygen atoms in total. The van der Waals surface area contributed by atoms with Gasteiger partial charge in [-0.15, -0.1) is 0 Å². The molecule has 4 rings (SSSR count). The summed E-state index contributed by atoms with van der Waals surface area (Å²) in [5.41, 5.74) is 4.27. The first-order chi connectivity index (χ1) is 11.2. The van der Waals surface area contributed by atoms with Gasteiger partial charge in [0, 0.05) is 17.0 Å². The normalized spacial score (nSPS) is 18.7. The molecule has 0 radical (unpaired) electrons. The molecule has 0 spiro atoms. The summed E-state index contributed by atoms with van der Waals surface area (Å²) >= 11 is 1.88. The lowest BCUT2D eigenvalue weighted by Gasteiger charge is -2.21. The Morgan fingerprint density at radius 2 is 2.09 bits per heavy atom. The highest BCUT2D eigenvalue weighted by molar-refractivity contribution is 7.97. The fourth-order valence-electron chi connectivity index (χ4n) is 3.10. The van der Waals surface area contributed by atoms with Crippen molar-refractivity contribution in [1.82, 2.24) is 14.3 Å². The molecule has 1 saturated carbocycles. The highest BCUT2D eigenvalue weighted by atomic mass is 32.2. The zero-order valence-electron chi connectivity index (χ0n) is 13.7. The lowest BCUT2D eigenvalue weighted by atomic mass is 10.1. The molecule has 0 bridgehead atoms. The van der Waals surface area contributed by atoms with Crippen LogP contribution in [0.1, 0.15) is 31.0 Å². The molecule has 1 aliphatic carbocycles. The smallest absolute Gasteiger partial charge is 0.213 e. The third-order valence-electron chi connectivity index (χ3n) is 4.70. The summed E-state index contributed by atoms with van der Waals surface area (Å²) in [5.74, 6) is 1.50. The highest BCUT2D eigenvalue weighted by Crippen LogP contribution is 2.45. The van der Waals surface area contributed by atoms with Crippen molar-refractivity contribution in [3.8, 4) is 17.3 Å². The van der Waals surface area contributed by atoms with Gasteiger partial charge in [0.2, 0.25) is 5.88 Å². The Kier molecular flexibility index (Phi) is 3.77. The molecular formula is C18H21N3OS. The second kappa shape index (κ2) is 5.80. The molecule has 0 saturated heterocycles. The second-order valence-corrected chi connectivity index (χ2v) is 7.47. The summed E-state index contributed by atoms with van der Waals surface area (Å²) in [5, 5.41) is 0. The van der Waals surface area contributed by atoms with E-state index in [1.807, 2.05) is 30.1 Å². The number of nitrogens with zero attached hydrogens (tertiary/aromatic N) is 3. The van der Waals surface area contributed by atoms with Gasteiger partial charge in [0.05, 0.1) is 30.7 Å². The quantitative estimate of drug-likeness (QED) is 0.791. The van der Waals surface area contributed by atoms with Gasteiger partial charge >= 0.3 is 0 Å². The standard InChI is InChI=1S/C18H21N3OS/c1-11-9-15(14-5-4-6-17(20-14)22-3)19-16-10-21(23-18(11)16)12(2)13-7-8-13/h4-6,9,12-13H,7-8,10H2,1-3H3/t12-/m0/s1. The molecule has 1 atom stereocenters. The van der Waals surface area contributed by atoms with Crippen LogP contribution in [0.3, 0.4) is 0 Å². The molecule has 2 aromatic heterocycles. The van der Waals surface area contributed by atoms with Gasteiger partial charge in [-0.05, 0) is 62.3 Å². The lowest BCUT2D eigenvalue weighted by Crippen LogP contribution is -2.25. The summed E-state index contributed by atoms with van der Waals surface area (Å²) in [4.78, 5) is 10.7. The Balaban J connectivity index is 1.65. The van der Waals surface area contributed by atoms with E-state index < -0.39 is 0 Å². The summed E-state index contributed by atoms with van der Waals surface area (Å²) in [7, 11) is 1.64. The minimum absolute atomic E-state index is 0.626. The van der Waals surface area contributed by atoms with E-state index in [4.69, 9.17) is 9.72 Å². The van der Waals surface area contributed by atoms with Crippen molar-refractivity contribution in [2.45, 2.75) is 44.2 Å². The zero-order valence-corrected chi connectivity index (χ0v) is 14.6. The Morgan fingerprint density at radius 1 is 1.26 bits per heavy atom. The van der Waals surface area contributed by atoms with Crippen molar-refractivity contribution in [1.29, 1.82) is 0 Å². The van der Waals surface area contributed by atoms with Crippen LogP contribution in [-0.2, 0) is 6.54 Å². The maximum absolute atomic E-state index is 5.23. The molecule has 2 aromatic rings. The van der Waals surface area contributed by atoms with Crippen molar-refractivity contribution in [3.63, 3.8) is 0 Å². The number of pyridine rings is 2. The van der Waals surface area contributed by atoms with Gasteiger partial charge in [0.15, 0.2) is 0 Å². The van der Waals surface area contributed by atoms with Crippen molar-refractivity contribution in [2.24, 2.45) is 5.92 Å². The molecular weight excluding hydrogens is 306 g/mol. The van der Waals surface area contributed by atoms with Crippen LogP contribution >= 0.6 is 11.9 Å². The fraction of sp³-hybridized carbons (Fsp3) is 0.444. The number of methoxy groups -OCH3 is 1. The van der Waals surface area contributed by atoms with Crippen molar-refractivity contribution < 1.29 is 4.74 Å². The van der Waals surface area contributed by atoms with Crippen LogP contribution in [0.25, 0.3) is 11.4 Å². The molecule has 120 valence electrons. The molecule has 1 fully saturated rings. The van der Waals surface area contributed by atoms with Crippen LogP contribution in [0.4, 0.5) is 0 Å². The summed E-state index contributed by atoms with van der Waals surface area (Å²) in [6, 6.07) is 8.58. The number of fused-ring (bicyclic) bond motifs is 1. The van der Waals surface area contributed by atoms with Crippen LogP contribution in [-0.4, -0.2) is 27.4 Å². The second-order valence-electron chi connectivity index (χ2n) is 6.41. The first-order valence-corrected chi connectivity index (χ1v) is 8.89. The van der Waals surface area contributed by atoms with E-state index in [2.05, 4.69) is 29.2 Å². The number of aromatic nitrogens is 2. The van der Waals surface area contributed by atoms with Gasteiger partial charge < -0.3 is 4.74 Å². The van der Waals surface area contributed by atoms with Crippen LogP contribution in [0.5, 0.6) is 5.88 Å².